The van der Waals surface area contributed by atoms with E-state index >= 15 is 0 Å². The lowest BCUT2D eigenvalue weighted by Gasteiger charge is -2.11. The van der Waals surface area contributed by atoms with Crippen molar-refractivity contribution in [2.24, 2.45) is 0 Å². The average Bonchev–Trinajstić information content (AvgIpc) is 2.41. The summed E-state index contributed by atoms with van der Waals surface area (Å²) in [5.74, 6) is -1.60. The molecule has 8 heteroatoms. The van der Waals surface area contributed by atoms with Crippen LogP contribution in [0.5, 0.6) is 5.75 Å². The number of aromatic nitrogens is 1. The Bertz CT molecular complexity index is 735. The largest absolute Gasteiger partial charge is 0.494 e. The van der Waals surface area contributed by atoms with E-state index in [-0.39, 0.29) is 11.4 Å². The molecule has 1 aromatic carbocycles. The number of nitrogens with one attached hydrogen (secondary N) is 1. The van der Waals surface area contributed by atoms with E-state index in [4.69, 9.17) is 4.74 Å². The van der Waals surface area contributed by atoms with Crippen molar-refractivity contribution < 1.29 is 21.9 Å². The minimum absolute atomic E-state index is 0.0149. The van der Waals surface area contributed by atoms with Crippen LogP contribution < -0.4 is 9.46 Å². The Kier molecular flexibility index (Phi) is 3.84. The fraction of sp³-hybridized carbons (Fsp3) is 0.0833. The van der Waals surface area contributed by atoms with Gasteiger partial charge in [-0.2, -0.15) is 8.42 Å². The molecule has 0 aliphatic carbocycles. The number of sulfonamides is 1. The zero-order chi connectivity index (χ0) is 14.8. The number of ether oxygens (including phenoxy) is 1. The molecule has 20 heavy (non-hydrogen) atoms. The third-order valence-corrected chi connectivity index (χ3v) is 3.69. The molecule has 0 atom stereocenters. The number of pyridine rings is 1. The van der Waals surface area contributed by atoms with Crippen molar-refractivity contribution in [2.75, 3.05) is 11.8 Å². The Balaban J connectivity index is 2.41. The molecule has 0 aliphatic heterocycles. The fourth-order valence-electron chi connectivity index (χ4n) is 1.51. The fourth-order valence-corrected chi connectivity index (χ4v) is 2.59. The summed E-state index contributed by atoms with van der Waals surface area (Å²) in [5, 5.41) is -0.744. The zero-order valence-electron chi connectivity index (χ0n) is 10.3. The van der Waals surface area contributed by atoms with Crippen LogP contribution in [0, 0.1) is 11.6 Å². The zero-order valence-corrected chi connectivity index (χ0v) is 11.1. The predicted octanol–water partition coefficient (Wildman–Crippen LogP) is 2.17. The first-order valence-corrected chi connectivity index (χ1v) is 6.89. The molecule has 0 saturated heterocycles. The van der Waals surface area contributed by atoms with Gasteiger partial charge in [0.15, 0.2) is 5.82 Å². The SMILES string of the molecule is COc1cc(F)ccc1NS(=O)(=O)c1ncccc1F. The van der Waals surface area contributed by atoms with Crippen molar-refractivity contribution in [2.45, 2.75) is 5.03 Å². The third kappa shape index (κ3) is 2.85. The Morgan fingerprint density at radius 2 is 2.00 bits per heavy atom. The van der Waals surface area contributed by atoms with E-state index in [2.05, 4.69) is 9.71 Å². The molecule has 0 bridgehead atoms. The molecule has 2 aromatic rings. The van der Waals surface area contributed by atoms with Gasteiger partial charge in [0.2, 0.25) is 5.03 Å². The molecule has 0 saturated carbocycles. The number of anilines is 1. The first-order valence-electron chi connectivity index (χ1n) is 5.41. The van der Waals surface area contributed by atoms with Crippen LogP contribution in [0.25, 0.3) is 0 Å². The highest BCUT2D eigenvalue weighted by Gasteiger charge is 2.22. The number of methoxy groups -OCH3 is 1. The van der Waals surface area contributed by atoms with E-state index in [1.165, 1.54) is 19.2 Å². The second-order valence-electron chi connectivity index (χ2n) is 3.74. The van der Waals surface area contributed by atoms with Crippen LogP contribution in [0.15, 0.2) is 41.6 Å². The topological polar surface area (TPSA) is 68.3 Å². The maximum atomic E-state index is 13.5. The van der Waals surface area contributed by atoms with Crippen LogP contribution in [0.2, 0.25) is 0 Å². The molecule has 0 spiro atoms. The van der Waals surface area contributed by atoms with Crippen molar-refractivity contribution in [3.63, 3.8) is 0 Å². The Morgan fingerprint density at radius 3 is 2.65 bits per heavy atom. The Labute approximate surface area is 114 Å². The van der Waals surface area contributed by atoms with E-state index in [0.717, 1.165) is 24.4 Å². The molecule has 1 N–H and O–H groups in total. The van der Waals surface area contributed by atoms with E-state index in [1.807, 2.05) is 0 Å². The van der Waals surface area contributed by atoms with Crippen molar-refractivity contribution >= 4 is 15.7 Å². The van der Waals surface area contributed by atoms with Gasteiger partial charge in [-0.25, -0.2) is 13.8 Å². The summed E-state index contributed by atoms with van der Waals surface area (Å²) in [4.78, 5) is 3.48. The van der Waals surface area contributed by atoms with Gasteiger partial charge in [-0.15, -0.1) is 0 Å². The summed E-state index contributed by atoms with van der Waals surface area (Å²) in [7, 11) is -2.97. The maximum Gasteiger partial charge on any atom is 0.282 e. The third-order valence-electron chi connectivity index (χ3n) is 2.39. The second kappa shape index (κ2) is 5.41. The van der Waals surface area contributed by atoms with Crippen LogP contribution >= 0.6 is 0 Å². The summed E-state index contributed by atoms with van der Waals surface area (Å²) in [6.45, 7) is 0. The Morgan fingerprint density at radius 1 is 1.25 bits per heavy atom. The van der Waals surface area contributed by atoms with E-state index in [0.29, 0.717) is 0 Å². The van der Waals surface area contributed by atoms with Crippen molar-refractivity contribution in [3.8, 4) is 5.75 Å². The standard InChI is InChI=1S/C12H10F2N2O3S/c1-19-11-7-8(13)4-5-10(11)16-20(17,18)12-9(14)3-2-6-15-12/h2-7,16H,1H3. The highest BCUT2D eigenvalue weighted by atomic mass is 32.2. The van der Waals surface area contributed by atoms with E-state index < -0.39 is 26.7 Å². The lowest BCUT2D eigenvalue weighted by Crippen LogP contribution is -2.16. The van der Waals surface area contributed by atoms with Crippen LogP contribution in [-0.4, -0.2) is 20.5 Å². The minimum atomic E-state index is -4.23. The molecular formula is C12H10F2N2O3S. The van der Waals surface area contributed by atoms with Gasteiger partial charge in [0.25, 0.3) is 10.0 Å². The van der Waals surface area contributed by atoms with Crippen molar-refractivity contribution in [1.29, 1.82) is 0 Å². The molecule has 1 heterocycles. The normalized spacial score (nSPS) is 11.2. The highest BCUT2D eigenvalue weighted by Crippen LogP contribution is 2.27. The first kappa shape index (κ1) is 14.2. The van der Waals surface area contributed by atoms with Gasteiger partial charge in [-0.3, -0.25) is 4.72 Å². The Hall–Kier alpha value is -2.22. The van der Waals surface area contributed by atoms with Crippen LogP contribution in [0.1, 0.15) is 0 Å². The molecule has 106 valence electrons. The number of hydrogen-bond acceptors (Lipinski definition) is 4. The molecule has 0 radical (unpaired) electrons. The molecule has 0 aliphatic rings. The summed E-state index contributed by atoms with van der Waals surface area (Å²) in [5.41, 5.74) is -0.0149. The average molecular weight is 300 g/mol. The van der Waals surface area contributed by atoms with Gasteiger partial charge < -0.3 is 4.74 Å². The summed E-state index contributed by atoms with van der Waals surface area (Å²) in [6, 6.07) is 5.48. The lowest BCUT2D eigenvalue weighted by atomic mass is 10.3. The molecule has 2 rings (SSSR count). The van der Waals surface area contributed by atoms with Crippen LogP contribution in [0.4, 0.5) is 14.5 Å². The molecular weight excluding hydrogens is 290 g/mol. The van der Waals surface area contributed by atoms with Crippen molar-refractivity contribution in [1.82, 2.24) is 4.98 Å². The van der Waals surface area contributed by atoms with Gasteiger partial charge in [0.05, 0.1) is 12.8 Å². The van der Waals surface area contributed by atoms with Crippen molar-refractivity contribution in [3.05, 3.63) is 48.2 Å². The number of halogens is 2. The van der Waals surface area contributed by atoms with Crippen LogP contribution in [0.3, 0.4) is 0 Å². The summed E-state index contributed by atoms with van der Waals surface area (Å²) >= 11 is 0. The minimum Gasteiger partial charge on any atom is -0.494 e. The summed E-state index contributed by atoms with van der Waals surface area (Å²) in [6.07, 6.45) is 1.15. The number of nitrogens with zero attached hydrogens (tertiary/aromatic N) is 1. The molecule has 0 amide bonds. The first-order chi connectivity index (χ1) is 9.44. The van der Waals surface area contributed by atoms with Gasteiger partial charge in [-0.1, -0.05) is 0 Å². The number of rotatable bonds is 4. The molecule has 0 fully saturated rings. The number of hydrogen-bond donors (Lipinski definition) is 1. The summed E-state index contributed by atoms with van der Waals surface area (Å²) < 4.78 is 57.5. The smallest absolute Gasteiger partial charge is 0.282 e. The van der Waals surface area contributed by atoms with E-state index in [9.17, 15) is 17.2 Å². The van der Waals surface area contributed by atoms with Gasteiger partial charge >= 0.3 is 0 Å². The highest BCUT2D eigenvalue weighted by molar-refractivity contribution is 7.92. The molecule has 0 unspecified atom stereocenters. The monoisotopic (exact) mass is 300 g/mol. The predicted molar refractivity (Wildman–Crippen MR) is 68.0 cm³/mol. The quantitative estimate of drug-likeness (QED) is 0.939. The molecule has 1 aromatic heterocycles. The maximum absolute atomic E-state index is 13.5. The van der Waals surface area contributed by atoms with Crippen LogP contribution in [-0.2, 0) is 10.0 Å². The van der Waals surface area contributed by atoms with Gasteiger partial charge in [-0.05, 0) is 24.3 Å². The van der Waals surface area contributed by atoms with E-state index in [1.54, 1.807) is 0 Å². The molecule has 5 nitrogen and oxygen atoms in total. The van der Waals surface area contributed by atoms with Gasteiger partial charge in [0.1, 0.15) is 11.6 Å². The number of benzene rings is 1. The lowest BCUT2D eigenvalue weighted by molar-refractivity contribution is 0.413. The van der Waals surface area contributed by atoms with Gasteiger partial charge in [0, 0.05) is 12.3 Å². The second-order valence-corrected chi connectivity index (χ2v) is 5.34.